The van der Waals surface area contributed by atoms with E-state index in [0.717, 1.165) is 6.54 Å². The number of hydrogen-bond acceptors (Lipinski definition) is 2. The van der Waals surface area contributed by atoms with Crippen LogP contribution in [0.1, 0.15) is 71.6 Å². The zero-order chi connectivity index (χ0) is 12.6. The summed E-state index contributed by atoms with van der Waals surface area (Å²) in [5.41, 5.74) is 0.896. The van der Waals surface area contributed by atoms with Crippen molar-refractivity contribution in [3.63, 3.8) is 0 Å². The van der Waals surface area contributed by atoms with Crippen molar-refractivity contribution in [3.05, 3.63) is 0 Å². The Morgan fingerprint density at radius 3 is 2.50 bits per heavy atom. The molecule has 2 heteroatoms. The van der Waals surface area contributed by atoms with Gasteiger partial charge >= 0.3 is 0 Å². The molecule has 1 spiro atoms. The van der Waals surface area contributed by atoms with Gasteiger partial charge in [0.15, 0.2) is 0 Å². The minimum absolute atomic E-state index is 0.322. The van der Waals surface area contributed by atoms with Crippen molar-refractivity contribution in [2.45, 2.75) is 89.4 Å². The van der Waals surface area contributed by atoms with E-state index in [4.69, 9.17) is 4.74 Å². The zero-order valence-electron chi connectivity index (χ0n) is 12.1. The largest absolute Gasteiger partial charge is 0.372 e. The highest BCUT2D eigenvalue weighted by Crippen LogP contribution is 2.55. The van der Waals surface area contributed by atoms with Crippen LogP contribution < -0.4 is 5.32 Å². The van der Waals surface area contributed by atoms with Gasteiger partial charge in [-0.1, -0.05) is 19.8 Å². The quantitative estimate of drug-likeness (QED) is 0.805. The van der Waals surface area contributed by atoms with Crippen molar-refractivity contribution in [3.8, 4) is 0 Å². The lowest BCUT2D eigenvalue weighted by Crippen LogP contribution is -2.37. The Kier molecular flexibility index (Phi) is 3.44. The lowest BCUT2D eigenvalue weighted by molar-refractivity contribution is -0.0475. The highest BCUT2D eigenvalue weighted by Gasteiger charge is 2.51. The summed E-state index contributed by atoms with van der Waals surface area (Å²) in [6.45, 7) is 5.68. The van der Waals surface area contributed by atoms with E-state index in [9.17, 15) is 0 Å². The van der Waals surface area contributed by atoms with Crippen molar-refractivity contribution in [2.24, 2.45) is 5.41 Å². The van der Waals surface area contributed by atoms with Crippen molar-refractivity contribution < 1.29 is 4.74 Å². The molecular weight excluding hydrogens is 222 g/mol. The summed E-state index contributed by atoms with van der Waals surface area (Å²) >= 11 is 0. The summed E-state index contributed by atoms with van der Waals surface area (Å²) in [6.07, 6.45) is 12.8. The third-order valence-corrected chi connectivity index (χ3v) is 5.81. The van der Waals surface area contributed by atoms with E-state index in [0.29, 0.717) is 23.2 Å². The standard InChI is InChI=1S/C16H29NO/c1-3-17-13(2)15(10-11-15)12-14-6-9-16(18-14)7-4-5-8-16/h13-14,17H,3-12H2,1-2H3. The van der Waals surface area contributed by atoms with Crippen LogP contribution in [0.4, 0.5) is 0 Å². The van der Waals surface area contributed by atoms with Crippen molar-refractivity contribution in [2.75, 3.05) is 6.54 Å². The smallest absolute Gasteiger partial charge is 0.0687 e. The van der Waals surface area contributed by atoms with Crippen LogP contribution in [0.15, 0.2) is 0 Å². The molecule has 0 aromatic heterocycles. The van der Waals surface area contributed by atoms with Crippen LogP contribution in [0.5, 0.6) is 0 Å². The van der Waals surface area contributed by atoms with Gasteiger partial charge in [0.05, 0.1) is 11.7 Å². The Balaban J connectivity index is 1.55. The summed E-state index contributed by atoms with van der Waals surface area (Å²) in [7, 11) is 0. The molecule has 0 amide bonds. The molecule has 0 radical (unpaired) electrons. The molecule has 3 fully saturated rings. The van der Waals surface area contributed by atoms with Gasteiger partial charge in [0.25, 0.3) is 0 Å². The molecule has 0 aromatic rings. The fourth-order valence-electron chi connectivity index (χ4n) is 4.38. The Morgan fingerprint density at radius 2 is 1.89 bits per heavy atom. The molecule has 1 saturated heterocycles. The summed E-state index contributed by atoms with van der Waals surface area (Å²) in [5, 5.41) is 3.63. The molecule has 2 atom stereocenters. The summed E-state index contributed by atoms with van der Waals surface area (Å²) in [4.78, 5) is 0. The van der Waals surface area contributed by atoms with Crippen LogP contribution in [0.3, 0.4) is 0 Å². The first-order valence-corrected chi connectivity index (χ1v) is 8.09. The van der Waals surface area contributed by atoms with Crippen molar-refractivity contribution >= 4 is 0 Å². The maximum Gasteiger partial charge on any atom is 0.0687 e. The maximum absolute atomic E-state index is 6.49. The molecule has 2 nitrogen and oxygen atoms in total. The maximum atomic E-state index is 6.49. The van der Waals surface area contributed by atoms with Gasteiger partial charge < -0.3 is 10.1 Å². The third-order valence-electron chi connectivity index (χ3n) is 5.81. The minimum Gasteiger partial charge on any atom is -0.372 e. The molecule has 0 bridgehead atoms. The first-order chi connectivity index (χ1) is 8.68. The van der Waals surface area contributed by atoms with E-state index in [2.05, 4.69) is 19.2 Å². The number of nitrogens with one attached hydrogen (secondary N) is 1. The van der Waals surface area contributed by atoms with E-state index in [1.807, 2.05) is 0 Å². The third kappa shape index (κ3) is 2.34. The fourth-order valence-corrected chi connectivity index (χ4v) is 4.38. The predicted molar refractivity (Wildman–Crippen MR) is 74.7 cm³/mol. The van der Waals surface area contributed by atoms with E-state index in [1.165, 1.54) is 57.8 Å². The van der Waals surface area contributed by atoms with Gasteiger partial charge in [-0.15, -0.1) is 0 Å². The Labute approximate surface area is 112 Å². The molecule has 104 valence electrons. The van der Waals surface area contributed by atoms with Crippen molar-refractivity contribution in [1.82, 2.24) is 5.32 Å². The van der Waals surface area contributed by atoms with E-state index < -0.39 is 0 Å². The number of rotatable bonds is 5. The summed E-state index contributed by atoms with van der Waals surface area (Å²) in [6, 6.07) is 0.672. The summed E-state index contributed by atoms with van der Waals surface area (Å²) < 4.78 is 6.49. The average molecular weight is 251 g/mol. The second-order valence-electron chi connectivity index (χ2n) is 7.01. The number of ether oxygens (including phenoxy) is 1. The van der Waals surface area contributed by atoms with Crippen LogP contribution in [0, 0.1) is 5.41 Å². The first kappa shape index (κ1) is 12.9. The molecule has 0 aromatic carbocycles. The lowest BCUT2D eigenvalue weighted by atomic mass is 9.89. The van der Waals surface area contributed by atoms with Gasteiger partial charge in [-0.05, 0) is 63.8 Å². The molecule has 1 aliphatic heterocycles. The molecule has 2 unspecified atom stereocenters. The summed E-state index contributed by atoms with van der Waals surface area (Å²) in [5.74, 6) is 0. The second-order valence-corrected chi connectivity index (χ2v) is 7.01. The van der Waals surface area contributed by atoms with Crippen molar-refractivity contribution in [1.29, 1.82) is 0 Å². The minimum atomic E-state index is 0.322. The average Bonchev–Trinajstić information content (AvgIpc) is 2.83. The predicted octanol–water partition coefficient (Wildman–Crippen LogP) is 3.65. The molecule has 1 heterocycles. The Hall–Kier alpha value is -0.0800. The van der Waals surface area contributed by atoms with Crippen LogP contribution in [0.25, 0.3) is 0 Å². The van der Waals surface area contributed by atoms with Gasteiger partial charge in [-0.2, -0.15) is 0 Å². The van der Waals surface area contributed by atoms with Crippen LogP contribution in [-0.2, 0) is 4.74 Å². The van der Waals surface area contributed by atoms with Gasteiger partial charge in [-0.3, -0.25) is 0 Å². The zero-order valence-corrected chi connectivity index (χ0v) is 12.1. The van der Waals surface area contributed by atoms with Crippen LogP contribution in [0.2, 0.25) is 0 Å². The molecule has 2 aliphatic carbocycles. The topological polar surface area (TPSA) is 21.3 Å². The van der Waals surface area contributed by atoms with E-state index in [1.54, 1.807) is 0 Å². The highest BCUT2D eigenvalue weighted by atomic mass is 16.5. The van der Waals surface area contributed by atoms with E-state index in [-0.39, 0.29) is 0 Å². The number of hydrogen-bond donors (Lipinski definition) is 1. The second kappa shape index (κ2) is 4.79. The van der Waals surface area contributed by atoms with E-state index >= 15 is 0 Å². The monoisotopic (exact) mass is 251 g/mol. The van der Waals surface area contributed by atoms with Gasteiger partial charge in [0.1, 0.15) is 0 Å². The highest BCUT2D eigenvalue weighted by molar-refractivity contribution is 5.04. The Morgan fingerprint density at radius 1 is 1.17 bits per heavy atom. The van der Waals surface area contributed by atoms with Gasteiger partial charge in [0, 0.05) is 6.04 Å². The lowest BCUT2D eigenvalue weighted by Gasteiger charge is -2.29. The van der Waals surface area contributed by atoms with Crippen LogP contribution in [-0.4, -0.2) is 24.3 Å². The molecule has 1 N–H and O–H groups in total. The fraction of sp³-hybridized carbons (Fsp3) is 1.00. The van der Waals surface area contributed by atoms with Crippen LogP contribution >= 0.6 is 0 Å². The molecule has 3 rings (SSSR count). The Bertz CT molecular complexity index is 291. The first-order valence-electron chi connectivity index (χ1n) is 8.09. The molecular formula is C16H29NO. The van der Waals surface area contributed by atoms with Gasteiger partial charge in [-0.25, -0.2) is 0 Å². The molecule has 18 heavy (non-hydrogen) atoms. The SMILES string of the molecule is CCNC(C)C1(CC2CCC3(CCCC3)O2)CC1. The van der Waals surface area contributed by atoms with Gasteiger partial charge in [0.2, 0.25) is 0 Å². The molecule has 2 saturated carbocycles. The molecule has 3 aliphatic rings. The normalized spacial score (nSPS) is 34.0.